The number of nitrogens with one attached hydrogen (secondary N) is 1. The van der Waals surface area contributed by atoms with Gasteiger partial charge in [0.2, 0.25) is 5.91 Å². The highest BCUT2D eigenvalue weighted by molar-refractivity contribution is 8.00. The minimum Gasteiger partial charge on any atom is -0.497 e. The van der Waals surface area contributed by atoms with Crippen molar-refractivity contribution in [1.82, 2.24) is 14.9 Å². The maximum absolute atomic E-state index is 12.3. The Kier molecular flexibility index (Phi) is 6.10. The molecule has 0 saturated heterocycles. The van der Waals surface area contributed by atoms with Crippen molar-refractivity contribution in [2.24, 2.45) is 0 Å². The highest BCUT2D eigenvalue weighted by Crippen LogP contribution is 2.24. The third-order valence-corrected chi connectivity index (χ3v) is 4.56. The van der Waals surface area contributed by atoms with Gasteiger partial charge in [0, 0.05) is 25.0 Å². The summed E-state index contributed by atoms with van der Waals surface area (Å²) in [4.78, 5) is 16.6. The molecule has 23 heavy (non-hydrogen) atoms. The first-order chi connectivity index (χ1) is 11.0. The average Bonchev–Trinajstić information content (AvgIpc) is 3.01. The predicted molar refractivity (Wildman–Crippen MR) is 92.8 cm³/mol. The van der Waals surface area contributed by atoms with Crippen LogP contribution in [-0.4, -0.2) is 27.8 Å². The van der Waals surface area contributed by atoms with Gasteiger partial charge in [0.1, 0.15) is 5.75 Å². The van der Waals surface area contributed by atoms with Crippen molar-refractivity contribution in [1.29, 1.82) is 0 Å². The van der Waals surface area contributed by atoms with E-state index in [-0.39, 0.29) is 11.2 Å². The third kappa shape index (κ3) is 4.76. The molecule has 1 heterocycles. The standard InChI is InChI=1S/C17H23N3O2S/c1-12(2)20-10-9-18-17(20)23-13(3)16(21)19-11-14-5-7-15(22-4)8-6-14/h5-10,12-13H,11H2,1-4H3,(H,19,21). The van der Waals surface area contributed by atoms with Crippen molar-refractivity contribution in [3.63, 3.8) is 0 Å². The maximum Gasteiger partial charge on any atom is 0.233 e. The fourth-order valence-electron chi connectivity index (χ4n) is 2.07. The van der Waals surface area contributed by atoms with Crippen LogP contribution in [0.2, 0.25) is 0 Å². The number of aromatic nitrogens is 2. The first-order valence-corrected chi connectivity index (χ1v) is 8.49. The average molecular weight is 333 g/mol. The number of benzene rings is 1. The van der Waals surface area contributed by atoms with Gasteiger partial charge in [0.15, 0.2) is 5.16 Å². The summed E-state index contributed by atoms with van der Waals surface area (Å²) in [7, 11) is 1.64. The minimum absolute atomic E-state index is 0.00382. The molecule has 1 atom stereocenters. The summed E-state index contributed by atoms with van der Waals surface area (Å²) in [6.45, 7) is 6.60. The first kappa shape index (κ1) is 17.4. The summed E-state index contributed by atoms with van der Waals surface area (Å²) in [6, 6.07) is 8.00. The van der Waals surface area contributed by atoms with Crippen LogP contribution in [0.1, 0.15) is 32.4 Å². The zero-order valence-electron chi connectivity index (χ0n) is 13.9. The molecule has 5 nitrogen and oxygen atoms in total. The highest BCUT2D eigenvalue weighted by Gasteiger charge is 2.17. The number of methoxy groups -OCH3 is 1. The fourth-order valence-corrected chi connectivity index (χ4v) is 3.09. The molecule has 2 rings (SSSR count). The van der Waals surface area contributed by atoms with Crippen molar-refractivity contribution >= 4 is 17.7 Å². The molecule has 1 unspecified atom stereocenters. The lowest BCUT2D eigenvalue weighted by Crippen LogP contribution is -2.30. The monoisotopic (exact) mass is 333 g/mol. The Labute approximate surface area is 141 Å². The van der Waals surface area contributed by atoms with Crippen LogP contribution in [-0.2, 0) is 11.3 Å². The molecule has 0 fully saturated rings. The molecule has 1 aromatic heterocycles. The van der Waals surface area contributed by atoms with E-state index in [1.54, 1.807) is 13.3 Å². The molecular formula is C17H23N3O2S. The molecule has 1 N–H and O–H groups in total. The number of carbonyl (C=O) groups is 1. The summed E-state index contributed by atoms with van der Waals surface area (Å²) in [5.41, 5.74) is 1.04. The second-order valence-electron chi connectivity index (χ2n) is 5.54. The van der Waals surface area contributed by atoms with E-state index in [9.17, 15) is 4.79 Å². The lowest BCUT2D eigenvalue weighted by molar-refractivity contribution is -0.120. The van der Waals surface area contributed by atoms with Gasteiger partial charge >= 0.3 is 0 Å². The first-order valence-electron chi connectivity index (χ1n) is 7.61. The third-order valence-electron chi connectivity index (χ3n) is 3.47. The van der Waals surface area contributed by atoms with Crippen LogP contribution in [0.25, 0.3) is 0 Å². The number of amides is 1. The molecular weight excluding hydrogens is 310 g/mol. The molecule has 0 aliphatic rings. The van der Waals surface area contributed by atoms with Gasteiger partial charge in [0.25, 0.3) is 0 Å². The van der Waals surface area contributed by atoms with Crippen LogP contribution in [0.3, 0.4) is 0 Å². The lowest BCUT2D eigenvalue weighted by atomic mass is 10.2. The second-order valence-corrected chi connectivity index (χ2v) is 6.84. The van der Waals surface area contributed by atoms with Gasteiger partial charge in [-0.15, -0.1) is 0 Å². The molecule has 124 valence electrons. The van der Waals surface area contributed by atoms with Gasteiger partial charge in [-0.05, 0) is 38.5 Å². The lowest BCUT2D eigenvalue weighted by Gasteiger charge is -2.15. The molecule has 0 spiro atoms. The van der Waals surface area contributed by atoms with E-state index in [1.807, 2.05) is 37.4 Å². The normalized spacial score (nSPS) is 12.2. The summed E-state index contributed by atoms with van der Waals surface area (Å²) in [5.74, 6) is 0.814. The molecule has 1 aromatic carbocycles. The summed E-state index contributed by atoms with van der Waals surface area (Å²) >= 11 is 1.47. The van der Waals surface area contributed by atoms with Crippen LogP contribution in [0.5, 0.6) is 5.75 Å². The molecule has 0 radical (unpaired) electrons. The second kappa shape index (κ2) is 8.06. The van der Waals surface area contributed by atoms with Gasteiger partial charge in [-0.25, -0.2) is 4.98 Å². The van der Waals surface area contributed by atoms with Crippen molar-refractivity contribution in [3.05, 3.63) is 42.2 Å². The quantitative estimate of drug-likeness (QED) is 0.790. The maximum atomic E-state index is 12.3. The highest BCUT2D eigenvalue weighted by atomic mass is 32.2. The molecule has 0 bridgehead atoms. The molecule has 6 heteroatoms. The number of nitrogens with zero attached hydrogens (tertiary/aromatic N) is 2. The van der Waals surface area contributed by atoms with Crippen molar-refractivity contribution in [3.8, 4) is 5.75 Å². The fraction of sp³-hybridized carbons (Fsp3) is 0.412. The zero-order chi connectivity index (χ0) is 16.8. The van der Waals surface area contributed by atoms with E-state index in [1.165, 1.54) is 11.8 Å². The number of ether oxygens (including phenoxy) is 1. The van der Waals surface area contributed by atoms with Crippen LogP contribution in [0, 0.1) is 0 Å². The summed E-state index contributed by atoms with van der Waals surface area (Å²) in [5, 5.41) is 3.63. The van der Waals surface area contributed by atoms with Crippen LogP contribution in [0.15, 0.2) is 41.8 Å². The predicted octanol–water partition coefficient (Wildman–Crippen LogP) is 3.27. The van der Waals surface area contributed by atoms with E-state index in [4.69, 9.17) is 4.74 Å². The number of thioether (sulfide) groups is 1. The number of rotatable bonds is 7. The smallest absolute Gasteiger partial charge is 0.233 e. The van der Waals surface area contributed by atoms with Gasteiger partial charge in [-0.2, -0.15) is 0 Å². The molecule has 0 aliphatic heterocycles. The summed E-state index contributed by atoms with van der Waals surface area (Å²) in [6.07, 6.45) is 3.71. The van der Waals surface area contributed by atoms with E-state index in [2.05, 4.69) is 28.7 Å². The molecule has 2 aromatic rings. The number of imidazole rings is 1. The molecule has 1 amide bonds. The van der Waals surface area contributed by atoms with Crippen molar-refractivity contribution < 1.29 is 9.53 Å². The van der Waals surface area contributed by atoms with Gasteiger partial charge in [-0.3, -0.25) is 4.79 Å². The zero-order valence-corrected chi connectivity index (χ0v) is 14.8. The topological polar surface area (TPSA) is 56.1 Å². The van der Waals surface area contributed by atoms with Crippen molar-refractivity contribution in [2.45, 2.75) is 43.8 Å². The summed E-state index contributed by atoms with van der Waals surface area (Å²) < 4.78 is 7.19. The van der Waals surface area contributed by atoms with E-state index in [0.717, 1.165) is 16.5 Å². The van der Waals surface area contributed by atoms with E-state index >= 15 is 0 Å². The van der Waals surface area contributed by atoms with Gasteiger partial charge in [0.05, 0.1) is 12.4 Å². The van der Waals surface area contributed by atoms with E-state index < -0.39 is 0 Å². The van der Waals surface area contributed by atoms with Crippen LogP contribution < -0.4 is 10.1 Å². The Morgan fingerprint density at radius 2 is 2.00 bits per heavy atom. The Morgan fingerprint density at radius 3 is 2.61 bits per heavy atom. The van der Waals surface area contributed by atoms with E-state index in [0.29, 0.717) is 12.6 Å². The number of carbonyl (C=O) groups excluding carboxylic acids is 1. The SMILES string of the molecule is COc1ccc(CNC(=O)C(C)Sc2nccn2C(C)C)cc1. The Bertz CT molecular complexity index is 638. The molecule has 0 saturated carbocycles. The Morgan fingerprint density at radius 1 is 1.30 bits per heavy atom. The van der Waals surface area contributed by atoms with Crippen LogP contribution >= 0.6 is 11.8 Å². The van der Waals surface area contributed by atoms with Crippen molar-refractivity contribution in [2.75, 3.05) is 7.11 Å². The Balaban J connectivity index is 1.88. The largest absolute Gasteiger partial charge is 0.497 e. The van der Waals surface area contributed by atoms with Gasteiger partial charge < -0.3 is 14.6 Å². The van der Waals surface area contributed by atoms with Crippen LogP contribution in [0.4, 0.5) is 0 Å². The Hall–Kier alpha value is -1.95. The number of hydrogen-bond acceptors (Lipinski definition) is 4. The van der Waals surface area contributed by atoms with Gasteiger partial charge in [-0.1, -0.05) is 23.9 Å². The minimum atomic E-state index is -0.201. The molecule has 0 aliphatic carbocycles. The number of hydrogen-bond donors (Lipinski definition) is 1.